The molecule has 0 aliphatic carbocycles. The quantitative estimate of drug-likeness (QED) is 0.846. The van der Waals surface area contributed by atoms with E-state index in [1.54, 1.807) is 11.8 Å². The fourth-order valence-electron chi connectivity index (χ4n) is 2.03. The number of carbonyl (C=O) groups excluding carboxylic acids is 1. The standard InChI is InChI=1S/C14H28N2O2S/c1-11(19-5)13(18)16-8-6-15(7-9-16)10-12(17)14(2,3)4/h11-12,17H,6-10H2,1-5H3/t11-,12+/m1/s1. The van der Waals surface area contributed by atoms with Crippen molar-refractivity contribution in [3.63, 3.8) is 0 Å². The summed E-state index contributed by atoms with van der Waals surface area (Å²) in [5.41, 5.74) is -0.0830. The first-order valence-electron chi connectivity index (χ1n) is 6.97. The van der Waals surface area contributed by atoms with Crippen LogP contribution in [0.15, 0.2) is 0 Å². The molecule has 0 aromatic rings. The average Bonchev–Trinajstić information content (AvgIpc) is 2.36. The Balaban J connectivity index is 2.39. The third kappa shape index (κ3) is 4.97. The predicted octanol–water partition coefficient (Wildman–Crippen LogP) is 1.29. The number of carbonyl (C=O) groups is 1. The predicted molar refractivity (Wildman–Crippen MR) is 81.5 cm³/mol. The highest BCUT2D eigenvalue weighted by Gasteiger charge is 2.28. The number of thioether (sulfide) groups is 1. The SMILES string of the molecule is CS[C@H](C)C(=O)N1CCN(C[C@H](O)C(C)(C)C)CC1. The normalized spacial score (nSPS) is 21.3. The molecule has 2 atom stereocenters. The Hall–Kier alpha value is -0.260. The fourth-order valence-corrected chi connectivity index (χ4v) is 2.38. The molecule has 5 heteroatoms. The second kappa shape index (κ2) is 6.95. The lowest BCUT2D eigenvalue weighted by Crippen LogP contribution is -2.53. The summed E-state index contributed by atoms with van der Waals surface area (Å²) >= 11 is 1.60. The van der Waals surface area contributed by atoms with Crippen LogP contribution in [-0.2, 0) is 4.79 Å². The topological polar surface area (TPSA) is 43.8 Å². The molecule has 0 unspecified atom stereocenters. The van der Waals surface area contributed by atoms with E-state index in [9.17, 15) is 9.90 Å². The summed E-state index contributed by atoms with van der Waals surface area (Å²) in [6.45, 7) is 12.1. The summed E-state index contributed by atoms with van der Waals surface area (Å²) in [6, 6.07) is 0. The molecule has 1 aliphatic rings. The molecule has 4 nitrogen and oxygen atoms in total. The number of β-amino-alcohol motifs (C(OH)–C–C–N with tert-alkyl or cyclic N) is 1. The Bertz CT molecular complexity index is 296. The van der Waals surface area contributed by atoms with Gasteiger partial charge in [-0.25, -0.2) is 0 Å². The van der Waals surface area contributed by atoms with E-state index in [-0.39, 0.29) is 22.7 Å². The van der Waals surface area contributed by atoms with Crippen LogP contribution in [0.4, 0.5) is 0 Å². The zero-order valence-corrected chi connectivity index (χ0v) is 13.7. The van der Waals surface area contributed by atoms with Crippen LogP contribution < -0.4 is 0 Å². The van der Waals surface area contributed by atoms with Crippen LogP contribution in [0.1, 0.15) is 27.7 Å². The van der Waals surface area contributed by atoms with Crippen molar-refractivity contribution in [1.29, 1.82) is 0 Å². The van der Waals surface area contributed by atoms with Crippen LogP contribution >= 0.6 is 11.8 Å². The number of rotatable bonds is 4. The summed E-state index contributed by atoms with van der Waals surface area (Å²) < 4.78 is 0. The van der Waals surface area contributed by atoms with Gasteiger partial charge in [-0.2, -0.15) is 11.8 Å². The second-order valence-electron chi connectivity index (χ2n) is 6.39. The summed E-state index contributed by atoms with van der Waals surface area (Å²) in [5.74, 6) is 0.239. The molecule has 1 heterocycles. The van der Waals surface area contributed by atoms with Gasteiger partial charge in [-0.05, 0) is 18.6 Å². The molecule has 0 radical (unpaired) electrons. The maximum absolute atomic E-state index is 12.1. The van der Waals surface area contributed by atoms with Gasteiger partial charge in [-0.3, -0.25) is 9.69 Å². The van der Waals surface area contributed by atoms with E-state index in [0.29, 0.717) is 6.54 Å². The Morgan fingerprint density at radius 1 is 1.26 bits per heavy atom. The smallest absolute Gasteiger partial charge is 0.235 e. The lowest BCUT2D eigenvalue weighted by atomic mass is 9.89. The summed E-state index contributed by atoms with van der Waals surface area (Å²) in [6.07, 6.45) is 1.65. The van der Waals surface area contributed by atoms with Gasteiger partial charge >= 0.3 is 0 Å². The van der Waals surface area contributed by atoms with Crippen LogP contribution in [0, 0.1) is 5.41 Å². The van der Waals surface area contributed by atoms with Gasteiger partial charge in [0, 0.05) is 32.7 Å². The molecule has 1 saturated heterocycles. The molecule has 1 amide bonds. The van der Waals surface area contributed by atoms with Crippen LogP contribution in [0.25, 0.3) is 0 Å². The third-order valence-electron chi connectivity index (χ3n) is 3.82. The number of hydrogen-bond acceptors (Lipinski definition) is 4. The van der Waals surface area contributed by atoms with E-state index in [2.05, 4.69) is 25.7 Å². The molecule has 1 rings (SSSR count). The van der Waals surface area contributed by atoms with E-state index >= 15 is 0 Å². The molecular weight excluding hydrogens is 260 g/mol. The lowest BCUT2D eigenvalue weighted by molar-refractivity contribution is -0.132. The van der Waals surface area contributed by atoms with Crippen molar-refractivity contribution in [1.82, 2.24) is 9.80 Å². The highest BCUT2D eigenvalue weighted by atomic mass is 32.2. The average molecular weight is 288 g/mol. The Labute approximate surface area is 121 Å². The number of nitrogens with zero attached hydrogens (tertiary/aromatic N) is 2. The van der Waals surface area contributed by atoms with E-state index in [1.165, 1.54) is 0 Å². The van der Waals surface area contributed by atoms with Crippen molar-refractivity contribution in [3.8, 4) is 0 Å². The van der Waals surface area contributed by atoms with Crippen LogP contribution in [0.3, 0.4) is 0 Å². The van der Waals surface area contributed by atoms with Gasteiger partial charge in [0.2, 0.25) is 5.91 Å². The van der Waals surface area contributed by atoms with Crippen molar-refractivity contribution in [3.05, 3.63) is 0 Å². The number of aliphatic hydroxyl groups excluding tert-OH is 1. The lowest BCUT2D eigenvalue weighted by Gasteiger charge is -2.38. The summed E-state index contributed by atoms with van der Waals surface area (Å²) in [4.78, 5) is 16.3. The minimum atomic E-state index is -0.320. The number of aliphatic hydroxyl groups is 1. The molecule has 0 bridgehead atoms. The number of piperazine rings is 1. The molecule has 1 N–H and O–H groups in total. The molecule has 1 aliphatic heterocycles. The summed E-state index contributed by atoms with van der Waals surface area (Å²) in [5, 5.41) is 10.2. The van der Waals surface area contributed by atoms with Crippen molar-refractivity contribution in [2.75, 3.05) is 39.0 Å². The van der Waals surface area contributed by atoms with Crippen LogP contribution in [-0.4, -0.2) is 71.1 Å². The van der Waals surface area contributed by atoms with Crippen molar-refractivity contribution in [2.45, 2.75) is 39.0 Å². The first-order valence-corrected chi connectivity index (χ1v) is 8.26. The maximum atomic E-state index is 12.1. The number of hydrogen-bond donors (Lipinski definition) is 1. The highest BCUT2D eigenvalue weighted by molar-refractivity contribution is 7.99. The summed E-state index contributed by atoms with van der Waals surface area (Å²) in [7, 11) is 0. The Kier molecular flexibility index (Phi) is 6.15. The van der Waals surface area contributed by atoms with Crippen LogP contribution in [0.2, 0.25) is 0 Å². The minimum absolute atomic E-state index is 0.0479. The van der Waals surface area contributed by atoms with E-state index in [0.717, 1.165) is 26.2 Å². The third-order valence-corrected chi connectivity index (χ3v) is 4.72. The molecule has 1 fully saturated rings. The molecule has 112 valence electrons. The second-order valence-corrected chi connectivity index (χ2v) is 7.56. The minimum Gasteiger partial charge on any atom is -0.391 e. The molecule has 0 aromatic heterocycles. The zero-order valence-electron chi connectivity index (χ0n) is 12.8. The van der Waals surface area contributed by atoms with E-state index in [4.69, 9.17) is 0 Å². The first kappa shape index (κ1) is 16.8. The Morgan fingerprint density at radius 2 is 1.79 bits per heavy atom. The zero-order chi connectivity index (χ0) is 14.6. The van der Waals surface area contributed by atoms with Gasteiger partial charge < -0.3 is 10.0 Å². The monoisotopic (exact) mass is 288 g/mol. The largest absolute Gasteiger partial charge is 0.391 e. The van der Waals surface area contributed by atoms with E-state index in [1.807, 2.05) is 18.1 Å². The highest BCUT2D eigenvalue weighted by Crippen LogP contribution is 2.20. The van der Waals surface area contributed by atoms with Gasteiger partial charge in [-0.1, -0.05) is 20.8 Å². The van der Waals surface area contributed by atoms with Gasteiger partial charge in [0.25, 0.3) is 0 Å². The molecule has 0 spiro atoms. The van der Waals surface area contributed by atoms with Gasteiger partial charge in [-0.15, -0.1) is 0 Å². The Morgan fingerprint density at radius 3 is 2.21 bits per heavy atom. The molecule has 0 saturated carbocycles. The fraction of sp³-hybridized carbons (Fsp3) is 0.929. The van der Waals surface area contributed by atoms with Gasteiger partial charge in [0.05, 0.1) is 11.4 Å². The van der Waals surface area contributed by atoms with Crippen LogP contribution in [0.5, 0.6) is 0 Å². The van der Waals surface area contributed by atoms with Crippen molar-refractivity contribution >= 4 is 17.7 Å². The molecule has 0 aromatic carbocycles. The number of amides is 1. The van der Waals surface area contributed by atoms with Crippen molar-refractivity contribution < 1.29 is 9.90 Å². The maximum Gasteiger partial charge on any atom is 0.235 e. The molecular formula is C14H28N2O2S. The molecule has 19 heavy (non-hydrogen) atoms. The first-order chi connectivity index (χ1) is 8.75. The van der Waals surface area contributed by atoms with Crippen molar-refractivity contribution in [2.24, 2.45) is 5.41 Å². The van der Waals surface area contributed by atoms with Gasteiger partial charge in [0.1, 0.15) is 0 Å². The van der Waals surface area contributed by atoms with Gasteiger partial charge in [0.15, 0.2) is 0 Å². The van der Waals surface area contributed by atoms with E-state index < -0.39 is 0 Å².